The first-order valence-electron chi connectivity index (χ1n) is 7.90. The van der Waals surface area contributed by atoms with E-state index in [9.17, 15) is 0 Å². The fourth-order valence-corrected chi connectivity index (χ4v) is 3.14. The lowest BCUT2D eigenvalue weighted by Crippen LogP contribution is -2.32. The van der Waals surface area contributed by atoms with E-state index in [2.05, 4.69) is 41.4 Å². The van der Waals surface area contributed by atoms with E-state index < -0.39 is 0 Å². The molecule has 0 atom stereocenters. The third-order valence-electron chi connectivity index (χ3n) is 4.29. The summed E-state index contributed by atoms with van der Waals surface area (Å²) < 4.78 is 5.51. The van der Waals surface area contributed by atoms with Crippen LogP contribution in [0.1, 0.15) is 50.0 Å². The predicted molar refractivity (Wildman–Crippen MR) is 83.1 cm³/mol. The Kier molecular flexibility index (Phi) is 4.34. The summed E-state index contributed by atoms with van der Waals surface area (Å²) in [6.45, 7) is 5.29. The van der Waals surface area contributed by atoms with Gasteiger partial charge < -0.3 is 9.84 Å². The summed E-state index contributed by atoms with van der Waals surface area (Å²) in [5.74, 6) is 1.94. The summed E-state index contributed by atoms with van der Waals surface area (Å²) in [6.07, 6.45) is 4.65. The molecular weight excluding hydrogens is 262 g/mol. The Bertz CT molecular complexity index is 585. The lowest BCUT2D eigenvalue weighted by molar-refractivity contribution is 0.285. The van der Waals surface area contributed by atoms with Crippen molar-refractivity contribution in [3.63, 3.8) is 0 Å². The van der Waals surface area contributed by atoms with Crippen LogP contribution in [0.3, 0.4) is 0 Å². The molecule has 0 saturated heterocycles. The molecule has 21 heavy (non-hydrogen) atoms. The van der Waals surface area contributed by atoms with E-state index >= 15 is 0 Å². The minimum atomic E-state index is 0.422. The molecule has 2 aromatic rings. The van der Waals surface area contributed by atoms with Gasteiger partial charge in [-0.3, -0.25) is 0 Å². The molecular formula is C17H23N3O. The Hall–Kier alpha value is -1.68. The van der Waals surface area contributed by atoms with Crippen molar-refractivity contribution in [2.24, 2.45) is 0 Å². The third kappa shape index (κ3) is 3.32. The summed E-state index contributed by atoms with van der Waals surface area (Å²) in [4.78, 5) is 4.62. The molecule has 4 heteroatoms. The van der Waals surface area contributed by atoms with Crippen molar-refractivity contribution in [1.29, 1.82) is 0 Å². The molecule has 0 amide bonds. The van der Waals surface area contributed by atoms with Crippen LogP contribution < -0.4 is 5.32 Å². The number of benzene rings is 1. The van der Waals surface area contributed by atoms with Gasteiger partial charge >= 0.3 is 0 Å². The predicted octanol–water partition coefficient (Wildman–Crippen LogP) is 3.68. The van der Waals surface area contributed by atoms with E-state index in [4.69, 9.17) is 4.52 Å². The third-order valence-corrected chi connectivity index (χ3v) is 4.29. The van der Waals surface area contributed by atoms with Crippen LogP contribution in [0.25, 0.3) is 11.4 Å². The Labute approximate surface area is 126 Å². The first-order chi connectivity index (χ1) is 10.3. The number of aryl methyl sites for hydroxylation is 1. The van der Waals surface area contributed by atoms with Crippen LogP contribution in [0.5, 0.6) is 0 Å². The lowest BCUT2D eigenvalue weighted by atomic mass is 9.86. The Morgan fingerprint density at radius 1 is 1.24 bits per heavy atom. The van der Waals surface area contributed by atoms with Gasteiger partial charge in [0.25, 0.3) is 0 Å². The molecule has 0 radical (unpaired) electrons. The van der Waals surface area contributed by atoms with Gasteiger partial charge in [-0.05, 0) is 45.2 Å². The summed E-state index contributed by atoms with van der Waals surface area (Å²) in [7, 11) is 0. The highest BCUT2D eigenvalue weighted by Crippen LogP contribution is 2.32. The lowest BCUT2D eigenvalue weighted by Gasteiger charge is -2.26. The number of nitrogens with zero attached hydrogens (tertiary/aromatic N) is 2. The second kappa shape index (κ2) is 6.39. The summed E-state index contributed by atoms with van der Waals surface area (Å²) in [6, 6.07) is 8.89. The summed E-state index contributed by atoms with van der Waals surface area (Å²) in [5, 5.41) is 7.68. The average Bonchev–Trinajstić information content (AvgIpc) is 2.98. The highest BCUT2D eigenvalue weighted by atomic mass is 16.5. The van der Waals surface area contributed by atoms with Gasteiger partial charge in [-0.2, -0.15) is 4.98 Å². The van der Waals surface area contributed by atoms with Gasteiger partial charge in [-0.25, -0.2) is 0 Å². The zero-order chi connectivity index (χ0) is 14.7. The molecule has 4 nitrogen and oxygen atoms in total. The van der Waals surface area contributed by atoms with E-state index in [1.165, 1.54) is 18.4 Å². The Morgan fingerprint density at radius 3 is 2.76 bits per heavy atom. The molecule has 112 valence electrons. The molecule has 1 aromatic heterocycles. The molecule has 0 aliphatic heterocycles. The second-order valence-corrected chi connectivity index (χ2v) is 5.93. The smallest absolute Gasteiger partial charge is 0.230 e. The van der Waals surface area contributed by atoms with Crippen LogP contribution in [0.15, 0.2) is 28.8 Å². The van der Waals surface area contributed by atoms with E-state index in [0.717, 1.165) is 30.8 Å². The van der Waals surface area contributed by atoms with Gasteiger partial charge in [0, 0.05) is 17.5 Å². The van der Waals surface area contributed by atoms with Gasteiger partial charge in [-0.15, -0.1) is 0 Å². The number of rotatable bonds is 4. The van der Waals surface area contributed by atoms with Gasteiger partial charge in [0.15, 0.2) is 0 Å². The molecule has 1 aromatic carbocycles. The van der Waals surface area contributed by atoms with Gasteiger partial charge in [0.05, 0.1) is 0 Å². The van der Waals surface area contributed by atoms with Crippen molar-refractivity contribution < 1.29 is 4.52 Å². The second-order valence-electron chi connectivity index (χ2n) is 5.93. The SMILES string of the molecule is CCNC1CCC(c2nc(-c3cccc(C)c3)no2)CC1. The van der Waals surface area contributed by atoms with Crippen molar-refractivity contribution in [2.45, 2.75) is 51.5 Å². The van der Waals surface area contributed by atoms with Crippen molar-refractivity contribution in [1.82, 2.24) is 15.5 Å². The summed E-state index contributed by atoms with van der Waals surface area (Å²) in [5.41, 5.74) is 2.25. The monoisotopic (exact) mass is 285 g/mol. The zero-order valence-electron chi connectivity index (χ0n) is 12.8. The molecule has 0 bridgehead atoms. The zero-order valence-corrected chi connectivity index (χ0v) is 12.8. The maximum atomic E-state index is 5.51. The summed E-state index contributed by atoms with van der Waals surface area (Å²) >= 11 is 0. The fourth-order valence-electron chi connectivity index (χ4n) is 3.14. The molecule has 1 fully saturated rings. The first-order valence-corrected chi connectivity index (χ1v) is 7.90. The molecule has 1 N–H and O–H groups in total. The Morgan fingerprint density at radius 2 is 2.05 bits per heavy atom. The largest absolute Gasteiger partial charge is 0.339 e. The van der Waals surface area contributed by atoms with Gasteiger partial charge in [0.2, 0.25) is 11.7 Å². The number of nitrogens with one attached hydrogen (secondary N) is 1. The van der Waals surface area contributed by atoms with E-state index in [1.807, 2.05) is 12.1 Å². The van der Waals surface area contributed by atoms with Crippen LogP contribution in [-0.2, 0) is 0 Å². The number of hydrogen-bond donors (Lipinski definition) is 1. The quantitative estimate of drug-likeness (QED) is 0.931. The molecule has 1 aliphatic rings. The van der Waals surface area contributed by atoms with E-state index in [-0.39, 0.29) is 0 Å². The van der Waals surface area contributed by atoms with Gasteiger partial charge in [0.1, 0.15) is 0 Å². The van der Waals surface area contributed by atoms with Crippen LogP contribution in [0.2, 0.25) is 0 Å². The van der Waals surface area contributed by atoms with Crippen molar-refractivity contribution >= 4 is 0 Å². The minimum Gasteiger partial charge on any atom is -0.339 e. The fraction of sp³-hybridized carbons (Fsp3) is 0.529. The van der Waals surface area contributed by atoms with E-state index in [1.54, 1.807) is 0 Å². The molecule has 1 aliphatic carbocycles. The standard InChI is InChI=1S/C17H23N3O/c1-3-18-15-9-7-13(8-10-15)17-19-16(20-21-17)14-6-4-5-12(2)11-14/h4-6,11,13,15,18H,3,7-10H2,1-2H3. The molecule has 3 rings (SSSR count). The van der Waals surface area contributed by atoms with Gasteiger partial charge in [-0.1, -0.05) is 35.8 Å². The highest BCUT2D eigenvalue weighted by molar-refractivity contribution is 5.55. The topological polar surface area (TPSA) is 51.0 Å². The van der Waals surface area contributed by atoms with Crippen molar-refractivity contribution in [2.75, 3.05) is 6.54 Å². The average molecular weight is 285 g/mol. The van der Waals surface area contributed by atoms with Crippen LogP contribution in [-0.4, -0.2) is 22.7 Å². The van der Waals surface area contributed by atoms with Crippen molar-refractivity contribution in [3.05, 3.63) is 35.7 Å². The van der Waals surface area contributed by atoms with Crippen molar-refractivity contribution in [3.8, 4) is 11.4 Å². The Balaban J connectivity index is 1.68. The number of hydrogen-bond acceptors (Lipinski definition) is 4. The molecule has 0 spiro atoms. The molecule has 1 heterocycles. The molecule has 0 unspecified atom stereocenters. The maximum absolute atomic E-state index is 5.51. The number of aromatic nitrogens is 2. The van der Waals surface area contributed by atoms with E-state index in [0.29, 0.717) is 17.8 Å². The van der Waals surface area contributed by atoms with Crippen LogP contribution >= 0.6 is 0 Å². The molecule has 1 saturated carbocycles. The maximum Gasteiger partial charge on any atom is 0.230 e. The van der Waals surface area contributed by atoms with Crippen LogP contribution in [0, 0.1) is 6.92 Å². The first kappa shape index (κ1) is 14.3. The minimum absolute atomic E-state index is 0.422. The highest BCUT2D eigenvalue weighted by Gasteiger charge is 2.26. The normalized spacial score (nSPS) is 22.4. The van der Waals surface area contributed by atoms with Crippen LogP contribution in [0.4, 0.5) is 0 Å².